The number of nitro benzene ring substituents is 1. The Labute approximate surface area is 260 Å². The van der Waals surface area contributed by atoms with Gasteiger partial charge in [0.2, 0.25) is 10.0 Å². The summed E-state index contributed by atoms with van der Waals surface area (Å²) in [5, 5.41) is 25.3. The van der Waals surface area contributed by atoms with Crippen molar-refractivity contribution < 1.29 is 14.5 Å². The summed E-state index contributed by atoms with van der Waals surface area (Å²) in [5.74, 6) is -0.556. The van der Waals surface area contributed by atoms with E-state index in [1.807, 2.05) is 59.6 Å². The average Bonchev–Trinajstić information content (AvgIpc) is 3.43. The van der Waals surface area contributed by atoms with E-state index in [2.05, 4.69) is 45.0 Å². The van der Waals surface area contributed by atoms with Crippen LogP contribution in [-0.4, -0.2) is 28.3 Å². The molecule has 6 rings (SSSR count). The van der Waals surface area contributed by atoms with Crippen LogP contribution in [0.2, 0.25) is 0 Å². The monoisotopic (exact) mass is 605 g/mol. The van der Waals surface area contributed by atoms with Gasteiger partial charge in [0.05, 0.1) is 28.6 Å². The maximum Gasteiger partial charge on any atom is 0.365 e. The number of anilines is 2. The van der Waals surface area contributed by atoms with Crippen molar-refractivity contribution in [1.29, 1.82) is 0 Å². The lowest BCUT2D eigenvalue weighted by Gasteiger charge is -2.47. The highest BCUT2D eigenvalue weighted by Gasteiger charge is 2.56. The third-order valence-corrected chi connectivity index (χ3v) is 8.81. The van der Waals surface area contributed by atoms with Crippen LogP contribution in [0.1, 0.15) is 49.9 Å². The van der Waals surface area contributed by atoms with Crippen LogP contribution in [0, 0.1) is 10.1 Å². The molecule has 0 aromatic heterocycles. The zero-order valence-corrected chi connectivity index (χ0v) is 25.6. The molecule has 2 heterocycles. The van der Waals surface area contributed by atoms with Crippen LogP contribution in [0.4, 0.5) is 17.1 Å². The Bertz CT molecular complexity index is 1780. The van der Waals surface area contributed by atoms with Gasteiger partial charge in [0, 0.05) is 28.8 Å². The highest BCUT2D eigenvalue weighted by atomic mass is 32.2. The van der Waals surface area contributed by atoms with E-state index in [1.165, 1.54) is 29.5 Å². The fraction of sp³-hybridized carbons (Fsp3) is 0.206. The summed E-state index contributed by atoms with van der Waals surface area (Å²) in [4.78, 5) is 23.0. The van der Waals surface area contributed by atoms with E-state index >= 15 is 0 Å². The van der Waals surface area contributed by atoms with Crippen molar-refractivity contribution in [2.45, 2.75) is 38.1 Å². The van der Waals surface area contributed by atoms with Crippen molar-refractivity contribution in [2.24, 2.45) is 10.2 Å². The van der Waals surface area contributed by atoms with Crippen molar-refractivity contribution in [2.75, 3.05) is 16.6 Å². The van der Waals surface area contributed by atoms with Gasteiger partial charge in [-0.2, -0.15) is 10.2 Å². The Hall–Kier alpha value is -4.96. The Morgan fingerprint density at radius 2 is 1.48 bits per heavy atom. The number of fused-ring (bicyclic) bond motifs is 2. The second-order valence-corrected chi connectivity index (χ2v) is 12.6. The molecule has 10 heteroatoms. The fourth-order valence-corrected chi connectivity index (χ4v) is 6.62. The molecular weight excluding hydrogens is 574 g/mol. The fourth-order valence-electron chi connectivity index (χ4n) is 5.34. The number of benzene rings is 4. The number of carbonyl (C=O) groups excluding carboxylic acids is 1. The molecule has 4 aromatic rings. The minimum Gasteiger partial charge on any atom is -0.461 e. The molecule has 0 amide bonds. The summed E-state index contributed by atoms with van der Waals surface area (Å²) in [6.07, 6.45) is 0. The molecule has 4 aromatic carbocycles. The third kappa shape index (κ3) is 5.01. The topological polar surface area (TPSA) is 101 Å². The second kappa shape index (κ2) is 11.3. The van der Waals surface area contributed by atoms with Gasteiger partial charge in [0.1, 0.15) is 0 Å². The molecule has 0 saturated carbocycles. The van der Waals surface area contributed by atoms with Gasteiger partial charge in [0.25, 0.3) is 5.69 Å². The van der Waals surface area contributed by atoms with Crippen molar-refractivity contribution in [1.82, 2.24) is 0 Å². The largest absolute Gasteiger partial charge is 0.461 e. The standard InChI is InChI=1S/C34H31N5O4S/c1-5-43-32(40)31-36-38(26-19-21-27(22-20-26)39(41)42)34(44-31)29-14-10-9-13-28(29)30(35-37(34)25-11-7-6-8-12-25)23-15-17-24(18-16-23)33(2,3)4/h6-22H,5H2,1-4H3/t34-/m1/s1. The van der Waals surface area contributed by atoms with E-state index in [0.29, 0.717) is 5.69 Å². The lowest BCUT2D eigenvalue weighted by molar-refractivity contribution is -0.384. The van der Waals surface area contributed by atoms with Crippen LogP contribution in [0.3, 0.4) is 0 Å². The number of non-ortho nitro benzene ring substituents is 1. The molecule has 2 aliphatic rings. The minimum atomic E-state index is -1.20. The lowest BCUT2D eigenvalue weighted by Crippen LogP contribution is -2.54. The number of nitrogens with zero attached hydrogens (tertiary/aromatic N) is 5. The summed E-state index contributed by atoms with van der Waals surface area (Å²) in [5.41, 5.74) is 5.91. The van der Waals surface area contributed by atoms with Gasteiger partial charge in [-0.3, -0.25) is 10.1 Å². The molecule has 0 bridgehead atoms. The lowest BCUT2D eigenvalue weighted by atomic mass is 9.85. The van der Waals surface area contributed by atoms with Gasteiger partial charge >= 0.3 is 5.97 Å². The van der Waals surface area contributed by atoms with Crippen molar-refractivity contribution in [3.8, 4) is 0 Å². The first kappa shape index (κ1) is 29.1. The van der Waals surface area contributed by atoms with Gasteiger partial charge in [-0.15, -0.1) is 0 Å². The quantitative estimate of drug-likeness (QED) is 0.128. The van der Waals surface area contributed by atoms with E-state index in [0.717, 1.165) is 28.1 Å². The predicted molar refractivity (Wildman–Crippen MR) is 175 cm³/mol. The van der Waals surface area contributed by atoms with Crippen LogP contribution in [0.25, 0.3) is 0 Å². The van der Waals surface area contributed by atoms with Crippen molar-refractivity contribution >= 4 is 45.5 Å². The summed E-state index contributed by atoms with van der Waals surface area (Å²) in [7, 11) is 0. The van der Waals surface area contributed by atoms with E-state index in [-0.39, 0.29) is 22.8 Å². The summed E-state index contributed by atoms with van der Waals surface area (Å²) < 4.78 is 5.39. The Morgan fingerprint density at radius 1 is 0.864 bits per heavy atom. The number of carbonyl (C=O) groups is 1. The molecule has 1 spiro atoms. The number of esters is 1. The molecule has 222 valence electrons. The molecule has 0 radical (unpaired) electrons. The first-order valence-corrected chi connectivity index (χ1v) is 15.1. The van der Waals surface area contributed by atoms with E-state index in [4.69, 9.17) is 14.9 Å². The zero-order valence-electron chi connectivity index (χ0n) is 24.8. The van der Waals surface area contributed by atoms with Gasteiger partial charge in [0.15, 0.2) is 0 Å². The number of rotatable bonds is 6. The van der Waals surface area contributed by atoms with Gasteiger partial charge in [-0.05, 0) is 53.9 Å². The van der Waals surface area contributed by atoms with Crippen LogP contribution in [0.15, 0.2) is 113 Å². The van der Waals surface area contributed by atoms with Crippen LogP contribution in [-0.2, 0) is 19.9 Å². The summed E-state index contributed by atoms with van der Waals surface area (Å²) in [6.45, 7) is 8.48. The summed E-state index contributed by atoms with van der Waals surface area (Å²) >= 11 is 1.23. The number of hydrazone groups is 2. The number of ether oxygens (including phenoxy) is 1. The van der Waals surface area contributed by atoms with E-state index in [9.17, 15) is 14.9 Å². The first-order valence-electron chi connectivity index (χ1n) is 14.3. The molecule has 44 heavy (non-hydrogen) atoms. The smallest absolute Gasteiger partial charge is 0.365 e. The second-order valence-electron chi connectivity index (χ2n) is 11.4. The number of nitro groups is 1. The Kier molecular flexibility index (Phi) is 7.46. The maximum absolute atomic E-state index is 13.2. The average molecular weight is 606 g/mol. The first-order chi connectivity index (χ1) is 21.1. The Balaban J connectivity index is 1.60. The molecule has 2 aliphatic heterocycles. The Morgan fingerprint density at radius 3 is 2.11 bits per heavy atom. The van der Waals surface area contributed by atoms with Crippen LogP contribution >= 0.6 is 11.8 Å². The summed E-state index contributed by atoms with van der Waals surface area (Å²) in [6, 6.07) is 32.2. The third-order valence-electron chi connectivity index (χ3n) is 7.52. The highest BCUT2D eigenvalue weighted by Crippen LogP contribution is 2.55. The van der Waals surface area contributed by atoms with E-state index in [1.54, 1.807) is 24.1 Å². The number of para-hydroxylation sites is 1. The number of hydrogen-bond donors (Lipinski definition) is 0. The SMILES string of the molecule is CCOC(=O)C1=NN(c2ccc([N+](=O)[O-])cc2)[C@@]2(S1)c1ccccc1C(c1ccc(C(C)(C)C)cc1)=NN2c1ccccc1. The van der Waals surface area contributed by atoms with Crippen molar-refractivity contribution in [3.63, 3.8) is 0 Å². The van der Waals surface area contributed by atoms with Gasteiger partial charge in [-0.25, -0.2) is 14.8 Å². The number of hydrogen-bond acceptors (Lipinski definition) is 9. The van der Waals surface area contributed by atoms with Gasteiger partial charge < -0.3 is 4.74 Å². The molecule has 0 fully saturated rings. The predicted octanol–water partition coefficient (Wildman–Crippen LogP) is 7.41. The van der Waals surface area contributed by atoms with E-state index < -0.39 is 15.9 Å². The molecule has 0 saturated heterocycles. The minimum absolute atomic E-state index is 0.00245. The molecule has 9 nitrogen and oxygen atoms in total. The van der Waals surface area contributed by atoms with Crippen molar-refractivity contribution in [3.05, 3.63) is 135 Å². The number of thioether (sulfide) groups is 1. The van der Waals surface area contributed by atoms with Crippen LogP contribution in [0.5, 0.6) is 0 Å². The molecule has 0 aliphatic carbocycles. The van der Waals surface area contributed by atoms with Crippen LogP contribution < -0.4 is 10.0 Å². The molecular formula is C34H31N5O4S. The molecule has 0 unspecified atom stereocenters. The molecule has 1 atom stereocenters. The maximum atomic E-state index is 13.2. The highest BCUT2D eigenvalue weighted by molar-refractivity contribution is 8.16. The van der Waals surface area contributed by atoms with Gasteiger partial charge in [-0.1, -0.05) is 87.5 Å². The molecule has 0 N–H and O–H groups in total. The normalized spacial score (nSPS) is 17.6. The zero-order chi connectivity index (χ0) is 31.1.